The molecule has 2 aromatic carbocycles. The number of rotatable bonds is 11. The van der Waals surface area contributed by atoms with E-state index in [0.29, 0.717) is 13.2 Å². The molecule has 0 aliphatic carbocycles. The van der Waals surface area contributed by atoms with Gasteiger partial charge in [-0.1, -0.05) is 23.8 Å². The molecule has 1 saturated heterocycles. The lowest BCUT2D eigenvalue weighted by atomic mass is 9.95. The van der Waals surface area contributed by atoms with Crippen LogP contribution in [-0.4, -0.2) is 60.6 Å². The van der Waals surface area contributed by atoms with E-state index in [1.54, 1.807) is 7.11 Å². The number of methoxy groups -OCH3 is 2. The molecule has 194 valence electrons. The van der Waals surface area contributed by atoms with Crippen LogP contribution < -0.4 is 14.2 Å². The molecular formula is C29H39N3O4. The molecule has 7 heteroatoms. The number of likely N-dealkylation sites (tertiary alicyclic amines) is 1. The first-order valence-corrected chi connectivity index (χ1v) is 12.7. The van der Waals surface area contributed by atoms with Gasteiger partial charge >= 0.3 is 0 Å². The number of hydrogen-bond acceptors (Lipinski definition) is 6. The molecule has 3 aromatic rings. The van der Waals surface area contributed by atoms with Gasteiger partial charge in [0.15, 0.2) is 11.5 Å². The van der Waals surface area contributed by atoms with Crippen LogP contribution in [0.1, 0.15) is 36.2 Å². The molecule has 0 bridgehead atoms. The Morgan fingerprint density at radius 3 is 2.50 bits per heavy atom. The maximum atomic E-state index is 6.14. The van der Waals surface area contributed by atoms with Crippen LogP contribution in [0.25, 0.3) is 0 Å². The minimum Gasteiger partial charge on any atom is -0.493 e. The molecule has 0 saturated carbocycles. The lowest BCUT2D eigenvalue weighted by Crippen LogP contribution is -2.39. The second-order valence-electron chi connectivity index (χ2n) is 9.62. The van der Waals surface area contributed by atoms with E-state index in [9.17, 15) is 0 Å². The Balaban J connectivity index is 1.34. The Morgan fingerprint density at radius 2 is 1.78 bits per heavy atom. The summed E-state index contributed by atoms with van der Waals surface area (Å²) in [5, 5.41) is 0. The highest BCUT2D eigenvalue weighted by Crippen LogP contribution is 2.31. The summed E-state index contributed by atoms with van der Waals surface area (Å²) in [6, 6.07) is 14.4. The number of ether oxygens (including phenoxy) is 4. The number of aromatic nitrogens is 2. The van der Waals surface area contributed by atoms with E-state index in [2.05, 4.69) is 45.6 Å². The van der Waals surface area contributed by atoms with Gasteiger partial charge in [-0.05, 0) is 69.5 Å². The van der Waals surface area contributed by atoms with E-state index in [4.69, 9.17) is 18.9 Å². The largest absolute Gasteiger partial charge is 0.493 e. The minimum absolute atomic E-state index is 0.265. The first-order valence-electron chi connectivity index (χ1n) is 12.7. The van der Waals surface area contributed by atoms with E-state index < -0.39 is 0 Å². The Bertz CT molecular complexity index is 1100. The number of benzene rings is 2. The molecule has 0 amide bonds. The van der Waals surface area contributed by atoms with Gasteiger partial charge in [0.25, 0.3) is 0 Å². The lowest BCUT2D eigenvalue weighted by Gasteiger charge is -2.31. The summed E-state index contributed by atoms with van der Waals surface area (Å²) in [6.45, 7) is 8.78. The van der Waals surface area contributed by atoms with E-state index in [1.165, 1.54) is 11.1 Å². The standard InChI is InChI=1S/C29H39N3O4/c1-23-6-9-26(10-7-23)36-22-29(34-4)12-5-15-31(16-13-29)21-25-8-11-27(33-3)28(20-25)35-19-18-32-17-14-30-24(32)2/h6-11,14,17,20H,5,12-13,15-16,18-19,21-22H2,1-4H3/t29-/m1/s1. The topological polar surface area (TPSA) is 58.0 Å². The number of imidazole rings is 1. The van der Waals surface area contributed by atoms with Gasteiger partial charge in [-0.15, -0.1) is 0 Å². The van der Waals surface area contributed by atoms with Crippen molar-refractivity contribution in [3.05, 3.63) is 71.8 Å². The summed E-state index contributed by atoms with van der Waals surface area (Å²) in [7, 11) is 3.49. The van der Waals surface area contributed by atoms with Crippen molar-refractivity contribution in [2.24, 2.45) is 0 Å². The summed E-state index contributed by atoms with van der Waals surface area (Å²) >= 11 is 0. The third-order valence-corrected chi connectivity index (χ3v) is 7.09. The first kappa shape index (κ1) is 26.0. The predicted octanol–water partition coefficient (Wildman–Crippen LogP) is 5.04. The van der Waals surface area contributed by atoms with Crippen LogP contribution in [0, 0.1) is 13.8 Å². The number of nitrogens with zero attached hydrogens (tertiary/aromatic N) is 3. The lowest BCUT2D eigenvalue weighted by molar-refractivity contribution is -0.0541. The van der Waals surface area contributed by atoms with Gasteiger partial charge in [0, 0.05) is 32.6 Å². The maximum absolute atomic E-state index is 6.14. The highest BCUT2D eigenvalue weighted by atomic mass is 16.5. The maximum Gasteiger partial charge on any atom is 0.161 e. The van der Waals surface area contributed by atoms with Gasteiger partial charge in [0.05, 0.1) is 13.7 Å². The predicted molar refractivity (Wildman–Crippen MR) is 141 cm³/mol. The fourth-order valence-electron chi connectivity index (χ4n) is 4.72. The van der Waals surface area contributed by atoms with Gasteiger partial charge in [-0.2, -0.15) is 0 Å². The fourth-order valence-corrected chi connectivity index (χ4v) is 4.72. The SMILES string of the molecule is COc1ccc(CN2CCC[C@@](COc3ccc(C)cc3)(OC)CC2)cc1OCCn1ccnc1C. The summed E-state index contributed by atoms with van der Waals surface area (Å²) in [5.41, 5.74) is 2.18. The average molecular weight is 494 g/mol. The van der Waals surface area contributed by atoms with Crippen molar-refractivity contribution in [1.29, 1.82) is 0 Å². The zero-order valence-electron chi connectivity index (χ0n) is 22.0. The van der Waals surface area contributed by atoms with Crippen LogP contribution in [-0.2, 0) is 17.8 Å². The highest BCUT2D eigenvalue weighted by Gasteiger charge is 2.33. The normalized spacial score (nSPS) is 18.6. The molecule has 1 aliphatic heterocycles. The van der Waals surface area contributed by atoms with Gasteiger partial charge in [-0.25, -0.2) is 4.98 Å². The van der Waals surface area contributed by atoms with E-state index in [-0.39, 0.29) is 5.60 Å². The summed E-state index contributed by atoms with van der Waals surface area (Å²) in [4.78, 5) is 6.76. The van der Waals surface area contributed by atoms with Crippen molar-refractivity contribution >= 4 is 0 Å². The van der Waals surface area contributed by atoms with Crippen molar-refractivity contribution < 1.29 is 18.9 Å². The van der Waals surface area contributed by atoms with E-state index >= 15 is 0 Å². The molecule has 0 radical (unpaired) electrons. The van der Waals surface area contributed by atoms with Crippen molar-refractivity contribution in [1.82, 2.24) is 14.5 Å². The molecule has 36 heavy (non-hydrogen) atoms. The molecule has 7 nitrogen and oxygen atoms in total. The van der Waals surface area contributed by atoms with Gasteiger partial charge < -0.3 is 23.5 Å². The van der Waals surface area contributed by atoms with Crippen LogP contribution in [0.15, 0.2) is 54.9 Å². The smallest absolute Gasteiger partial charge is 0.161 e. The summed E-state index contributed by atoms with van der Waals surface area (Å²) in [5.74, 6) is 3.41. The molecule has 0 N–H and O–H groups in total. The molecule has 0 spiro atoms. The molecule has 0 unspecified atom stereocenters. The van der Waals surface area contributed by atoms with Crippen molar-refractivity contribution in [3.63, 3.8) is 0 Å². The zero-order valence-corrected chi connectivity index (χ0v) is 22.0. The molecule has 1 aromatic heterocycles. The number of aryl methyl sites for hydroxylation is 2. The number of hydrogen-bond donors (Lipinski definition) is 0. The van der Waals surface area contributed by atoms with Crippen LogP contribution in [0.5, 0.6) is 17.2 Å². The van der Waals surface area contributed by atoms with Crippen LogP contribution in [0.4, 0.5) is 0 Å². The van der Waals surface area contributed by atoms with E-state index in [0.717, 1.165) is 68.5 Å². The Labute approximate surface area is 215 Å². The monoisotopic (exact) mass is 493 g/mol. The molecule has 1 atom stereocenters. The fraction of sp³-hybridized carbons (Fsp3) is 0.483. The average Bonchev–Trinajstić information content (AvgIpc) is 3.19. The second kappa shape index (κ2) is 12.3. The molecule has 4 rings (SSSR count). The third kappa shape index (κ3) is 6.80. The van der Waals surface area contributed by atoms with E-state index in [1.807, 2.05) is 44.6 Å². The Hall–Kier alpha value is -3.03. The molecule has 2 heterocycles. The van der Waals surface area contributed by atoms with Gasteiger partial charge in [0.1, 0.15) is 30.4 Å². The summed E-state index contributed by atoms with van der Waals surface area (Å²) in [6.07, 6.45) is 6.76. The third-order valence-electron chi connectivity index (χ3n) is 7.09. The minimum atomic E-state index is -0.265. The summed E-state index contributed by atoms with van der Waals surface area (Å²) < 4.78 is 25.9. The van der Waals surface area contributed by atoms with Gasteiger partial charge in [-0.3, -0.25) is 4.90 Å². The molecule has 1 fully saturated rings. The first-order chi connectivity index (χ1) is 17.5. The quantitative estimate of drug-likeness (QED) is 0.373. The van der Waals surface area contributed by atoms with Crippen LogP contribution in [0.3, 0.4) is 0 Å². The van der Waals surface area contributed by atoms with Crippen molar-refractivity contribution in [2.45, 2.75) is 51.8 Å². The molecular weight excluding hydrogens is 454 g/mol. The Kier molecular flexibility index (Phi) is 8.88. The van der Waals surface area contributed by atoms with Gasteiger partial charge in [0.2, 0.25) is 0 Å². The highest BCUT2D eigenvalue weighted by molar-refractivity contribution is 5.43. The van der Waals surface area contributed by atoms with Crippen LogP contribution in [0.2, 0.25) is 0 Å². The van der Waals surface area contributed by atoms with Crippen LogP contribution >= 0.6 is 0 Å². The molecule has 1 aliphatic rings. The Morgan fingerprint density at radius 1 is 0.944 bits per heavy atom. The second-order valence-corrected chi connectivity index (χ2v) is 9.62. The van der Waals surface area contributed by atoms with Crippen molar-refractivity contribution in [2.75, 3.05) is 40.5 Å². The zero-order chi connectivity index (χ0) is 25.4. The van der Waals surface area contributed by atoms with Crippen molar-refractivity contribution in [3.8, 4) is 17.2 Å².